The maximum absolute atomic E-state index is 13.3. The lowest BCUT2D eigenvalue weighted by Crippen LogP contribution is -2.03. The van der Waals surface area contributed by atoms with Gasteiger partial charge in [-0.15, -0.1) is 0 Å². The third-order valence-corrected chi connectivity index (χ3v) is 2.47. The Bertz CT molecular complexity index is 436. The number of carbonyl (C=O) groups excluding carboxylic acids is 2. The van der Waals surface area contributed by atoms with Crippen molar-refractivity contribution in [3.63, 3.8) is 0 Å². The summed E-state index contributed by atoms with van der Waals surface area (Å²) in [5.41, 5.74) is -0.509. The number of hydrogen-bond acceptors (Lipinski definition) is 3. The summed E-state index contributed by atoms with van der Waals surface area (Å²) in [7, 11) is 0. The van der Waals surface area contributed by atoms with Gasteiger partial charge in [0, 0.05) is 0 Å². The van der Waals surface area contributed by atoms with Crippen molar-refractivity contribution in [2.75, 3.05) is 0 Å². The molecule has 1 aromatic rings. The van der Waals surface area contributed by atoms with Crippen LogP contribution in [0.3, 0.4) is 0 Å². The molecule has 0 N–H and O–H groups in total. The highest BCUT2D eigenvalue weighted by molar-refractivity contribution is 9.10. The van der Waals surface area contributed by atoms with E-state index in [0.717, 1.165) is 12.1 Å². The average Bonchev–Trinajstić information content (AvgIpc) is 2.20. The molecule has 0 radical (unpaired) electrons. The van der Waals surface area contributed by atoms with Crippen LogP contribution >= 0.6 is 39.4 Å². The molecular formula is C8H2BrCl2FO3. The Morgan fingerprint density at radius 2 is 2.00 bits per heavy atom. The Morgan fingerprint density at radius 1 is 1.40 bits per heavy atom. The first-order valence-electron chi connectivity index (χ1n) is 3.49. The van der Waals surface area contributed by atoms with E-state index in [1.54, 1.807) is 0 Å². The van der Waals surface area contributed by atoms with Gasteiger partial charge >= 0.3 is 5.97 Å². The highest BCUT2D eigenvalue weighted by atomic mass is 79.9. The average molecular weight is 316 g/mol. The zero-order chi connectivity index (χ0) is 11.6. The van der Waals surface area contributed by atoms with E-state index in [9.17, 15) is 14.0 Å². The van der Waals surface area contributed by atoms with Gasteiger partial charge < -0.3 is 4.29 Å². The SMILES string of the molecule is O=C(OCl)c1cc(Br)c(F)c(C(=O)Cl)c1. The lowest BCUT2D eigenvalue weighted by Gasteiger charge is -2.03. The Kier molecular flexibility index (Phi) is 4.07. The summed E-state index contributed by atoms with van der Waals surface area (Å²) in [5, 5.41) is -1.02. The van der Waals surface area contributed by atoms with Crippen LogP contribution in [0.4, 0.5) is 4.39 Å². The van der Waals surface area contributed by atoms with Gasteiger partial charge in [0.1, 0.15) is 17.7 Å². The summed E-state index contributed by atoms with van der Waals surface area (Å²) >= 11 is 12.8. The monoisotopic (exact) mass is 314 g/mol. The molecule has 0 aliphatic heterocycles. The van der Waals surface area contributed by atoms with E-state index in [-0.39, 0.29) is 10.0 Å². The molecule has 0 saturated carbocycles. The second kappa shape index (κ2) is 4.92. The van der Waals surface area contributed by atoms with Crippen molar-refractivity contribution in [3.05, 3.63) is 33.5 Å². The molecule has 0 fully saturated rings. The molecule has 0 aromatic heterocycles. The third kappa shape index (κ3) is 2.68. The standard InChI is InChI=1S/C8H2BrCl2FO3/c9-5-2-3(8(14)15-11)1-4(6(5)12)7(10)13/h1-2H. The summed E-state index contributed by atoms with van der Waals surface area (Å²) in [6, 6.07) is 2.09. The van der Waals surface area contributed by atoms with Crippen LogP contribution in [-0.4, -0.2) is 11.2 Å². The zero-order valence-corrected chi connectivity index (χ0v) is 9.99. The fraction of sp³-hybridized carbons (Fsp3) is 0. The Hall–Kier alpha value is -0.650. The van der Waals surface area contributed by atoms with E-state index in [0.29, 0.717) is 0 Å². The van der Waals surface area contributed by atoms with Crippen molar-refractivity contribution in [2.24, 2.45) is 0 Å². The molecule has 80 valence electrons. The highest BCUT2D eigenvalue weighted by Gasteiger charge is 2.18. The molecule has 0 aliphatic rings. The molecule has 0 bridgehead atoms. The molecule has 1 aromatic carbocycles. The number of halogens is 4. The van der Waals surface area contributed by atoms with Gasteiger partial charge in [-0.2, -0.15) is 0 Å². The van der Waals surface area contributed by atoms with Crippen molar-refractivity contribution in [1.29, 1.82) is 0 Å². The van der Waals surface area contributed by atoms with Gasteiger partial charge in [0.15, 0.2) is 0 Å². The first-order valence-corrected chi connectivity index (χ1v) is 4.97. The fourth-order valence-corrected chi connectivity index (χ4v) is 1.58. The van der Waals surface area contributed by atoms with Gasteiger partial charge in [0.2, 0.25) is 0 Å². The third-order valence-electron chi connectivity index (χ3n) is 1.55. The number of hydrogen-bond donors (Lipinski definition) is 0. The smallest absolute Gasteiger partial charge is 0.343 e. The molecule has 1 rings (SSSR count). The van der Waals surface area contributed by atoms with Crippen molar-refractivity contribution >= 4 is 50.6 Å². The predicted molar refractivity (Wildman–Crippen MR) is 55.6 cm³/mol. The lowest BCUT2D eigenvalue weighted by molar-refractivity contribution is 0.0751. The van der Waals surface area contributed by atoms with Crippen LogP contribution in [-0.2, 0) is 4.29 Å². The van der Waals surface area contributed by atoms with Gasteiger partial charge in [0.25, 0.3) is 5.24 Å². The molecule has 15 heavy (non-hydrogen) atoms. The topological polar surface area (TPSA) is 43.4 Å². The van der Waals surface area contributed by atoms with E-state index < -0.39 is 22.6 Å². The molecule has 3 nitrogen and oxygen atoms in total. The van der Waals surface area contributed by atoms with E-state index in [4.69, 9.17) is 23.5 Å². The predicted octanol–water partition coefficient (Wildman–Crippen LogP) is 3.28. The summed E-state index contributed by atoms with van der Waals surface area (Å²) < 4.78 is 17.1. The summed E-state index contributed by atoms with van der Waals surface area (Å²) in [6.45, 7) is 0. The fourth-order valence-electron chi connectivity index (χ4n) is 0.894. The van der Waals surface area contributed by atoms with E-state index >= 15 is 0 Å². The molecule has 0 spiro atoms. The first-order chi connectivity index (χ1) is 6.97. The maximum Gasteiger partial charge on any atom is 0.356 e. The normalized spacial score (nSPS) is 9.87. The second-order valence-corrected chi connectivity index (χ2v) is 3.81. The first kappa shape index (κ1) is 12.4. The molecule has 0 atom stereocenters. The summed E-state index contributed by atoms with van der Waals surface area (Å²) in [5.74, 6) is -1.75. The summed E-state index contributed by atoms with van der Waals surface area (Å²) in [4.78, 5) is 21.8. The van der Waals surface area contributed by atoms with Crippen LogP contribution in [0.25, 0.3) is 0 Å². The van der Waals surface area contributed by atoms with Crippen LogP contribution in [0.2, 0.25) is 0 Å². The van der Waals surface area contributed by atoms with Crippen LogP contribution in [0.15, 0.2) is 16.6 Å². The molecule has 7 heteroatoms. The summed E-state index contributed by atoms with van der Waals surface area (Å²) in [6.07, 6.45) is 0. The Morgan fingerprint density at radius 3 is 2.47 bits per heavy atom. The lowest BCUT2D eigenvalue weighted by atomic mass is 10.1. The van der Waals surface area contributed by atoms with E-state index in [2.05, 4.69) is 20.2 Å². The van der Waals surface area contributed by atoms with Crippen molar-refractivity contribution in [2.45, 2.75) is 0 Å². The van der Waals surface area contributed by atoms with Crippen LogP contribution < -0.4 is 0 Å². The van der Waals surface area contributed by atoms with Gasteiger partial charge in [-0.3, -0.25) is 4.79 Å². The quantitative estimate of drug-likeness (QED) is 0.787. The van der Waals surface area contributed by atoms with Gasteiger partial charge in [-0.05, 0) is 39.7 Å². The van der Waals surface area contributed by atoms with Crippen molar-refractivity contribution < 1.29 is 18.3 Å². The van der Waals surface area contributed by atoms with Gasteiger partial charge in [0.05, 0.1) is 15.6 Å². The Balaban J connectivity index is 3.35. The number of benzene rings is 1. The van der Waals surface area contributed by atoms with Crippen LogP contribution in [0.1, 0.15) is 20.7 Å². The number of carbonyl (C=O) groups is 2. The molecule has 0 saturated heterocycles. The zero-order valence-electron chi connectivity index (χ0n) is 6.89. The minimum Gasteiger partial charge on any atom is -0.343 e. The largest absolute Gasteiger partial charge is 0.356 e. The second-order valence-electron chi connectivity index (χ2n) is 2.46. The van der Waals surface area contributed by atoms with Crippen LogP contribution in [0.5, 0.6) is 0 Å². The molecular weight excluding hydrogens is 314 g/mol. The van der Waals surface area contributed by atoms with Crippen LogP contribution in [0, 0.1) is 5.82 Å². The van der Waals surface area contributed by atoms with Gasteiger partial charge in [-0.1, -0.05) is 0 Å². The molecule has 0 heterocycles. The van der Waals surface area contributed by atoms with Crippen molar-refractivity contribution in [1.82, 2.24) is 0 Å². The number of rotatable bonds is 2. The molecule has 0 unspecified atom stereocenters. The van der Waals surface area contributed by atoms with E-state index in [1.165, 1.54) is 0 Å². The van der Waals surface area contributed by atoms with E-state index in [1.807, 2.05) is 0 Å². The van der Waals surface area contributed by atoms with Gasteiger partial charge in [-0.25, -0.2) is 9.18 Å². The van der Waals surface area contributed by atoms with Crippen molar-refractivity contribution in [3.8, 4) is 0 Å². The maximum atomic E-state index is 13.3. The minimum atomic E-state index is -1.02. The molecule has 0 aliphatic carbocycles. The minimum absolute atomic E-state index is 0.0777. The highest BCUT2D eigenvalue weighted by Crippen LogP contribution is 2.23. The molecule has 0 amide bonds. The Labute approximate surface area is 102 Å².